The van der Waals surface area contributed by atoms with E-state index in [9.17, 15) is 4.79 Å². The third-order valence-electron chi connectivity index (χ3n) is 4.23. The molecule has 1 aromatic carbocycles. The predicted molar refractivity (Wildman–Crippen MR) is 112 cm³/mol. The Hall–Kier alpha value is -2.22. The van der Waals surface area contributed by atoms with Crippen LogP contribution in [0.2, 0.25) is 4.34 Å². The molecule has 1 amide bonds. The lowest BCUT2D eigenvalue weighted by molar-refractivity contribution is 0.0990. The van der Waals surface area contributed by atoms with Gasteiger partial charge in [0, 0.05) is 25.5 Å². The summed E-state index contributed by atoms with van der Waals surface area (Å²) in [4.78, 5) is 24.3. The van der Waals surface area contributed by atoms with E-state index in [1.807, 2.05) is 35.9 Å². The van der Waals surface area contributed by atoms with Crippen LogP contribution in [0.1, 0.15) is 21.7 Å². The number of amides is 1. The fourth-order valence-corrected chi connectivity index (χ4v) is 4.93. The van der Waals surface area contributed by atoms with Crippen LogP contribution in [0.3, 0.4) is 0 Å². The van der Waals surface area contributed by atoms with E-state index in [1.54, 1.807) is 40.9 Å². The highest BCUT2D eigenvalue weighted by molar-refractivity contribution is 7.22. The van der Waals surface area contributed by atoms with E-state index in [1.165, 1.54) is 11.3 Å². The van der Waals surface area contributed by atoms with Gasteiger partial charge in [-0.1, -0.05) is 35.1 Å². The van der Waals surface area contributed by atoms with Crippen LogP contribution in [-0.2, 0) is 6.54 Å². The van der Waals surface area contributed by atoms with Crippen molar-refractivity contribution >= 4 is 55.5 Å². The van der Waals surface area contributed by atoms with Gasteiger partial charge in [-0.3, -0.25) is 9.69 Å². The number of thiophene rings is 1. The minimum atomic E-state index is -0.0609. The summed E-state index contributed by atoms with van der Waals surface area (Å²) >= 11 is 8.88. The first-order chi connectivity index (χ1) is 13.1. The Morgan fingerprint density at radius 3 is 2.85 bits per heavy atom. The zero-order chi connectivity index (χ0) is 18.8. The van der Waals surface area contributed by atoms with Crippen LogP contribution in [0.5, 0.6) is 0 Å². The lowest BCUT2D eigenvalue weighted by Crippen LogP contribution is -2.31. The summed E-state index contributed by atoms with van der Waals surface area (Å²) in [7, 11) is 0. The van der Waals surface area contributed by atoms with E-state index in [2.05, 4.69) is 4.98 Å². The number of aromatic nitrogens is 3. The van der Waals surface area contributed by atoms with Crippen LogP contribution < -0.4 is 4.90 Å². The van der Waals surface area contributed by atoms with E-state index < -0.39 is 0 Å². The summed E-state index contributed by atoms with van der Waals surface area (Å²) in [5.74, 6) is -0.0609. The van der Waals surface area contributed by atoms with Crippen molar-refractivity contribution in [2.24, 2.45) is 0 Å². The molecule has 0 radical (unpaired) electrons. The van der Waals surface area contributed by atoms with Gasteiger partial charge in [0.05, 0.1) is 25.8 Å². The average molecular weight is 417 g/mol. The van der Waals surface area contributed by atoms with Gasteiger partial charge in [-0.05, 0) is 37.1 Å². The molecular formula is C19H17ClN4OS2. The first-order valence-corrected chi connectivity index (χ1v) is 10.5. The molecule has 0 saturated heterocycles. The summed E-state index contributed by atoms with van der Waals surface area (Å²) in [5, 5.41) is 0.722. The van der Waals surface area contributed by atoms with E-state index in [0.29, 0.717) is 15.8 Å². The smallest absolute Gasteiger partial charge is 0.270 e. The van der Waals surface area contributed by atoms with Crippen LogP contribution in [0.25, 0.3) is 10.2 Å². The zero-order valence-electron chi connectivity index (χ0n) is 14.6. The number of fused-ring (bicyclic) bond motifs is 1. The fraction of sp³-hybridized carbons (Fsp3) is 0.211. The van der Waals surface area contributed by atoms with E-state index in [-0.39, 0.29) is 5.91 Å². The van der Waals surface area contributed by atoms with Gasteiger partial charge >= 0.3 is 0 Å². The van der Waals surface area contributed by atoms with Crippen molar-refractivity contribution in [1.29, 1.82) is 0 Å². The second-order valence-electron chi connectivity index (χ2n) is 6.13. The minimum absolute atomic E-state index is 0.0609. The highest BCUT2D eigenvalue weighted by Gasteiger charge is 2.22. The van der Waals surface area contributed by atoms with Gasteiger partial charge in [-0.15, -0.1) is 11.3 Å². The maximum atomic E-state index is 13.1. The quantitative estimate of drug-likeness (QED) is 0.431. The Bertz CT molecular complexity index is 1070. The van der Waals surface area contributed by atoms with Gasteiger partial charge in [0.1, 0.15) is 0 Å². The average Bonchev–Trinajstić information content (AvgIpc) is 3.39. The van der Waals surface area contributed by atoms with Gasteiger partial charge in [-0.25, -0.2) is 9.97 Å². The van der Waals surface area contributed by atoms with Crippen LogP contribution in [0.15, 0.2) is 49.1 Å². The van der Waals surface area contributed by atoms with Crippen LogP contribution >= 0.6 is 34.3 Å². The third kappa shape index (κ3) is 3.90. The van der Waals surface area contributed by atoms with Crippen molar-refractivity contribution in [3.8, 4) is 0 Å². The summed E-state index contributed by atoms with van der Waals surface area (Å²) in [6.07, 6.45) is 6.27. The standard InChI is InChI=1S/C19H17ClN4OS2/c1-13-4-2-5-14-17(13)22-19(27-14)24(10-3-9-23-11-8-21-12-23)18(25)15-6-7-16(20)26-15/h2,4-8,11-12H,3,9-10H2,1H3. The Morgan fingerprint density at radius 2 is 2.15 bits per heavy atom. The lowest BCUT2D eigenvalue weighted by atomic mass is 10.2. The molecule has 0 saturated carbocycles. The summed E-state index contributed by atoms with van der Waals surface area (Å²) in [6.45, 7) is 3.40. The maximum absolute atomic E-state index is 13.1. The first-order valence-electron chi connectivity index (χ1n) is 8.51. The van der Waals surface area contributed by atoms with Crippen molar-refractivity contribution in [2.75, 3.05) is 11.4 Å². The molecule has 27 heavy (non-hydrogen) atoms. The lowest BCUT2D eigenvalue weighted by Gasteiger charge is -2.19. The number of nitrogens with zero attached hydrogens (tertiary/aromatic N) is 4. The number of imidazole rings is 1. The molecule has 0 N–H and O–H groups in total. The molecule has 0 spiro atoms. The number of rotatable bonds is 6. The molecule has 4 aromatic rings. The fourth-order valence-electron chi connectivity index (χ4n) is 2.87. The molecule has 0 bridgehead atoms. The van der Waals surface area contributed by atoms with Crippen molar-refractivity contribution in [3.05, 3.63) is 63.8 Å². The monoisotopic (exact) mass is 416 g/mol. The Kier molecular flexibility index (Phi) is 5.24. The number of para-hydroxylation sites is 1. The third-order valence-corrected chi connectivity index (χ3v) is 6.49. The normalized spacial score (nSPS) is 11.2. The molecular weight excluding hydrogens is 400 g/mol. The van der Waals surface area contributed by atoms with Crippen LogP contribution in [-0.4, -0.2) is 27.0 Å². The molecule has 0 aliphatic carbocycles. The van der Waals surface area contributed by atoms with Crippen molar-refractivity contribution in [3.63, 3.8) is 0 Å². The SMILES string of the molecule is Cc1cccc2sc(N(CCCn3ccnc3)C(=O)c3ccc(Cl)s3)nc12. The molecule has 0 aliphatic rings. The number of hydrogen-bond acceptors (Lipinski definition) is 5. The largest absolute Gasteiger partial charge is 0.337 e. The highest BCUT2D eigenvalue weighted by Crippen LogP contribution is 2.32. The van der Waals surface area contributed by atoms with E-state index in [0.717, 1.165) is 33.9 Å². The molecule has 0 fully saturated rings. The van der Waals surface area contributed by atoms with E-state index in [4.69, 9.17) is 16.6 Å². The number of thiazole rings is 1. The summed E-state index contributed by atoms with van der Waals surface area (Å²) in [6, 6.07) is 9.63. The molecule has 3 aromatic heterocycles. The molecule has 0 unspecified atom stereocenters. The van der Waals surface area contributed by atoms with Gasteiger partial charge in [-0.2, -0.15) is 0 Å². The maximum Gasteiger partial charge on any atom is 0.270 e. The van der Waals surface area contributed by atoms with E-state index >= 15 is 0 Å². The second kappa shape index (κ2) is 7.80. The first kappa shape index (κ1) is 18.2. The molecule has 4 rings (SSSR count). The molecule has 8 heteroatoms. The van der Waals surface area contributed by atoms with Crippen molar-refractivity contribution in [1.82, 2.24) is 14.5 Å². The molecule has 3 heterocycles. The number of anilines is 1. The number of carbonyl (C=O) groups excluding carboxylic acids is 1. The van der Waals surface area contributed by atoms with Crippen molar-refractivity contribution < 1.29 is 4.79 Å². The van der Waals surface area contributed by atoms with Crippen LogP contribution in [0.4, 0.5) is 5.13 Å². The minimum Gasteiger partial charge on any atom is -0.337 e. The van der Waals surface area contributed by atoms with Crippen molar-refractivity contribution in [2.45, 2.75) is 19.9 Å². The number of hydrogen-bond donors (Lipinski definition) is 0. The topological polar surface area (TPSA) is 51.0 Å². The predicted octanol–water partition coefficient (Wildman–Crippen LogP) is 5.25. The van der Waals surface area contributed by atoms with Gasteiger partial charge in [0.15, 0.2) is 5.13 Å². The molecule has 5 nitrogen and oxygen atoms in total. The number of benzene rings is 1. The number of carbonyl (C=O) groups is 1. The summed E-state index contributed by atoms with van der Waals surface area (Å²) in [5.41, 5.74) is 2.06. The van der Waals surface area contributed by atoms with Gasteiger partial charge in [0.2, 0.25) is 0 Å². The second-order valence-corrected chi connectivity index (χ2v) is 8.86. The molecule has 138 valence electrons. The molecule has 0 atom stereocenters. The van der Waals surface area contributed by atoms with Gasteiger partial charge < -0.3 is 4.57 Å². The van der Waals surface area contributed by atoms with Gasteiger partial charge in [0.25, 0.3) is 5.91 Å². The Balaban J connectivity index is 1.63. The number of halogens is 1. The van der Waals surface area contributed by atoms with Crippen LogP contribution in [0, 0.1) is 6.92 Å². The Labute approximate surface area is 169 Å². The number of aryl methyl sites for hydroxylation is 2. The molecule has 0 aliphatic heterocycles. The highest BCUT2D eigenvalue weighted by atomic mass is 35.5. The summed E-state index contributed by atoms with van der Waals surface area (Å²) < 4.78 is 3.70. The Morgan fingerprint density at radius 1 is 1.26 bits per heavy atom. The zero-order valence-corrected chi connectivity index (χ0v) is 17.0.